The minimum absolute atomic E-state index is 0. The Bertz CT molecular complexity index is 5320. The second-order valence-electron chi connectivity index (χ2n) is 26.4. The molecular formula is C82H75N4O2Pt-3. The number of ether oxygens (including phenoxy) is 2. The smallest absolute Gasteiger partial charge is 0.143 e. The van der Waals surface area contributed by atoms with Gasteiger partial charge in [-0.05, 0) is 120 Å². The molecule has 2 aromatic heterocycles. The van der Waals surface area contributed by atoms with Crippen molar-refractivity contribution in [3.05, 3.63) is 271 Å². The Morgan fingerprint density at radius 3 is 1.51 bits per heavy atom. The van der Waals surface area contributed by atoms with Crippen LogP contribution in [0.2, 0.25) is 0 Å². The summed E-state index contributed by atoms with van der Waals surface area (Å²) in [6.07, 6.45) is 1.64. The average Bonchev–Trinajstić information content (AvgIpc) is 1.27. The number of hydrogen-bond acceptors (Lipinski definition) is 5. The van der Waals surface area contributed by atoms with E-state index in [1.165, 1.54) is 0 Å². The molecule has 0 aliphatic carbocycles. The van der Waals surface area contributed by atoms with E-state index in [-0.39, 0.29) is 89.0 Å². The van der Waals surface area contributed by atoms with Crippen LogP contribution in [-0.4, -0.2) is 9.55 Å². The Hall–Kier alpha value is -8.96. The number of anilines is 4. The third-order valence-electron chi connectivity index (χ3n) is 16.0. The molecule has 448 valence electrons. The summed E-state index contributed by atoms with van der Waals surface area (Å²) in [5.74, 6) is 1.67. The second-order valence-corrected chi connectivity index (χ2v) is 26.4. The molecule has 0 unspecified atom stereocenters. The average molecular weight is 1360 g/mol. The molecular weight excluding hydrogens is 1270 g/mol. The number of fused-ring (bicyclic) bond motifs is 4. The van der Waals surface area contributed by atoms with Gasteiger partial charge >= 0.3 is 0 Å². The first kappa shape index (κ1) is 44.5. The Balaban J connectivity index is 0.0000102. The Morgan fingerprint density at radius 2 is 0.933 bits per heavy atom. The van der Waals surface area contributed by atoms with Crippen LogP contribution in [0.1, 0.15) is 126 Å². The quantitative estimate of drug-likeness (QED) is 0.121. The molecule has 0 saturated heterocycles. The number of para-hydroxylation sites is 3. The van der Waals surface area contributed by atoms with Crippen molar-refractivity contribution < 1.29 is 51.1 Å². The number of nitrogens with zero attached hydrogens (tertiary/aromatic N) is 4. The van der Waals surface area contributed by atoms with Crippen LogP contribution in [0.15, 0.2) is 230 Å². The van der Waals surface area contributed by atoms with Gasteiger partial charge in [0, 0.05) is 89.7 Å². The van der Waals surface area contributed by atoms with Crippen LogP contribution in [-0.2, 0) is 42.7 Å². The van der Waals surface area contributed by atoms with Crippen molar-refractivity contribution in [3.8, 4) is 73.3 Å². The Morgan fingerprint density at radius 1 is 0.438 bits per heavy atom. The van der Waals surface area contributed by atoms with Gasteiger partial charge < -0.3 is 23.8 Å². The molecule has 6 nitrogen and oxygen atoms in total. The van der Waals surface area contributed by atoms with Crippen molar-refractivity contribution in [3.63, 3.8) is 0 Å². The minimum atomic E-state index is -0.676. The van der Waals surface area contributed by atoms with Crippen LogP contribution in [0, 0.1) is 18.8 Å². The third-order valence-corrected chi connectivity index (χ3v) is 16.0. The van der Waals surface area contributed by atoms with E-state index in [2.05, 4.69) is 98.7 Å². The molecule has 1 aliphatic rings. The predicted octanol–water partition coefficient (Wildman–Crippen LogP) is 22.6. The van der Waals surface area contributed by atoms with Gasteiger partial charge in [0.25, 0.3) is 0 Å². The summed E-state index contributed by atoms with van der Waals surface area (Å²) in [6.45, 7) is 26.8. The van der Waals surface area contributed by atoms with Crippen LogP contribution in [0.3, 0.4) is 0 Å². The van der Waals surface area contributed by atoms with Gasteiger partial charge in [-0.2, -0.15) is 12.1 Å². The van der Waals surface area contributed by atoms with Crippen molar-refractivity contribution in [2.75, 3.05) is 9.80 Å². The van der Waals surface area contributed by atoms with Crippen LogP contribution >= 0.6 is 0 Å². The van der Waals surface area contributed by atoms with Gasteiger partial charge in [-0.25, -0.2) is 4.98 Å². The fourth-order valence-corrected chi connectivity index (χ4v) is 11.2. The molecule has 10 aromatic carbocycles. The number of hydrogen-bond donors (Lipinski definition) is 0. The summed E-state index contributed by atoms with van der Waals surface area (Å²) in [4.78, 5) is 8.56. The van der Waals surface area contributed by atoms with Crippen molar-refractivity contribution >= 4 is 44.6 Å². The van der Waals surface area contributed by atoms with E-state index in [0.29, 0.717) is 56.6 Å². The first-order valence-corrected chi connectivity index (χ1v) is 29.4. The molecule has 0 N–H and O–H groups in total. The van der Waals surface area contributed by atoms with Gasteiger partial charge in [0.2, 0.25) is 0 Å². The molecule has 0 atom stereocenters. The summed E-state index contributed by atoms with van der Waals surface area (Å²) in [5.41, 5.74) is 6.94. The topological polar surface area (TPSA) is 42.8 Å². The van der Waals surface area contributed by atoms with Crippen LogP contribution in [0.25, 0.3) is 72.1 Å². The summed E-state index contributed by atoms with van der Waals surface area (Å²) in [5, 5.41) is 1.72. The zero-order valence-corrected chi connectivity index (χ0v) is 54.1. The van der Waals surface area contributed by atoms with E-state index in [1.807, 2.05) is 103 Å². The first-order valence-electron chi connectivity index (χ1n) is 36.9. The van der Waals surface area contributed by atoms with E-state index >= 15 is 0 Å². The van der Waals surface area contributed by atoms with Crippen LogP contribution in [0.5, 0.6) is 23.0 Å². The Labute approximate surface area is 561 Å². The van der Waals surface area contributed by atoms with E-state index in [4.69, 9.17) is 26.8 Å². The van der Waals surface area contributed by atoms with Crippen molar-refractivity contribution in [1.29, 1.82) is 0 Å². The molecule has 0 amide bonds. The molecule has 89 heavy (non-hydrogen) atoms. The summed E-state index contributed by atoms with van der Waals surface area (Å²) >= 11 is 0. The SMILES string of the molecule is [2H]c1c([2H])c([2H])c(-c2cc(C(C)(C)C)cc(-c3cc(C(C)(C)C)cc(C(C)(C)C)c3)c2Oc2ccnc(-n3c4[c-]c(Oc5[c-]c(N6[CH-]N(c7c(-c8c([2H])c([2H])c([2H])c([2H])c8[2H])cc(C(C)(C)C)cc7-c7c([2H])c([2H])c([2H])c([2H])c7[2H])c7ccccc76)ccc5)ccc4c4ccccc43)c2)c([2H])c1[2H].[Pt]. The van der Waals surface area contributed by atoms with Gasteiger partial charge in [0.1, 0.15) is 17.3 Å². The van der Waals surface area contributed by atoms with Crippen molar-refractivity contribution in [1.82, 2.24) is 9.55 Å². The molecule has 13 rings (SSSR count). The maximum absolute atomic E-state index is 9.39. The number of benzene rings is 10. The zero-order valence-electron chi connectivity index (χ0n) is 66.8. The third kappa shape index (κ3) is 12.0. The van der Waals surface area contributed by atoms with E-state index in [9.17, 15) is 8.22 Å². The van der Waals surface area contributed by atoms with Gasteiger partial charge in [-0.1, -0.05) is 228 Å². The number of rotatable bonds is 11. The standard InChI is InChI=1S/C82H75N4O2.Pt/c1-79(2,3)58-43-57(44-59(45-58)80(4,5)6)71-49-61(82(10,11)12)48-70(56-31-20-15-21-32-56)78(71)88-65-41-42-83-76(52-65)86-72-36-23-22-35-66(72)67-40-39-64(51-75(67)86)87-63-34-26-33-62(50-63)84-53-85(74-38-25-24-37-73(74)84)77-68(54-27-16-13-17-28-54)46-60(81(7,8)9)47-69(77)55-29-18-14-19-30-55;/h13-49,52-53H,1-12H3;/q-3;/i13D,14D,15D,16D,17D,18D,19D,20D,21D,27D,28D,29D,30D,31D,32D;. The summed E-state index contributed by atoms with van der Waals surface area (Å²) < 4.78 is 151. The van der Waals surface area contributed by atoms with Crippen molar-refractivity contribution in [2.24, 2.45) is 0 Å². The normalized spacial score (nSPS) is 15.1. The maximum atomic E-state index is 9.39. The molecule has 12 aromatic rings. The Kier molecular flexibility index (Phi) is 11.8. The maximum Gasteiger partial charge on any atom is 0.143 e. The number of pyridine rings is 1. The molecule has 7 heteroatoms. The molecule has 0 saturated carbocycles. The van der Waals surface area contributed by atoms with Gasteiger partial charge in [0.05, 0.1) is 20.6 Å². The van der Waals surface area contributed by atoms with E-state index in [0.717, 1.165) is 38.5 Å². The minimum Gasteiger partial charge on any atom is -0.509 e. The number of aromatic nitrogens is 2. The fourth-order valence-electron chi connectivity index (χ4n) is 11.2. The fraction of sp³-hybridized carbons (Fsp3) is 0.195. The largest absolute Gasteiger partial charge is 0.509 e. The second kappa shape index (κ2) is 23.5. The monoisotopic (exact) mass is 1360 g/mol. The van der Waals surface area contributed by atoms with Gasteiger partial charge in [-0.3, -0.25) is 0 Å². The van der Waals surface area contributed by atoms with E-state index in [1.54, 1.807) is 54.2 Å². The molecule has 0 spiro atoms. The zero-order chi connectivity index (χ0) is 74.3. The van der Waals surface area contributed by atoms with Crippen LogP contribution in [0.4, 0.5) is 22.7 Å². The molecule has 0 radical (unpaired) electrons. The predicted molar refractivity (Wildman–Crippen MR) is 367 cm³/mol. The molecule has 3 heterocycles. The summed E-state index contributed by atoms with van der Waals surface area (Å²) in [6, 6.07) is 41.3. The van der Waals surface area contributed by atoms with E-state index < -0.39 is 89.4 Å². The summed E-state index contributed by atoms with van der Waals surface area (Å²) in [7, 11) is 0. The van der Waals surface area contributed by atoms with Crippen LogP contribution < -0.4 is 19.3 Å². The van der Waals surface area contributed by atoms with Gasteiger partial charge in [0.15, 0.2) is 0 Å². The first-order chi connectivity index (χ1) is 48.3. The van der Waals surface area contributed by atoms with Gasteiger partial charge in [-0.15, -0.1) is 48.1 Å². The molecule has 0 fully saturated rings. The van der Waals surface area contributed by atoms with Crippen molar-refractivity contribution in [2.45, 2.75) is 105 Å². The molecule has 0 bridgehead atoms. The molecule has 1 aliphatic heterocycles.